The Hall–Kier alpha value is -2.70. The second kappa shape index (κ2) is 8.82. The zero-order chi connectivity index (χ0) is 24.8. The van der Waals surface area contributed by atoms with Crippen molar-refractivity contribution in [1.29, 1.82) is 0 Å². The number of hydrogen-bond acceptors (Lipinski definition) is 4. The average Bonchev–Trinajstić information content (AvgIpc) is 2.99. The number of benzene rings is 1. The first kappa shape index (κ1) is 24.4. The Bertz CT molecular complexity index is 1050. The number of esters is 1. The molecule has 2 amide bonds. The molecule has 184 valence electrons. The van der Waals surface area contributed by atoms with Gasteiger partial charge in [0, 0.05) is 30.6 Å². The molecule has 0 spiro atoms. The molecule has 2 fully saturated rings. The molecule has 34 heavy (non-hydrogen) atoms. The van der Waals surface area contributed by atoms with Crippen LogP contribution >= 0.6 is 0 Å². The van der Waals surface area contributed by atoms with E-state index in [4.69, 9.17) is 4.74 Å². The van der Waals surface area contributed by atoms with Gasteiger partial charge in [0.2, 0.25) is 11.8 Å². The largest absolute Gasteiger partial charge is 0.463 e. The van der Waals surface area contributed by atoms with Gasteiger partial charge in [0.25, 0.3) is 0 Å². The van der Waals surface area contributed by atoms with Gasteiger partial charge in [-0.15, -0.1) is 0 Å². The topological polar surface area (TPSA) is 66.9 Å². The fraction of sp³-hybridized carbons (Fsp3) is 0.593. The highest BCUT2D eigenvalue weighted by molar-refractivity contribution is 5.97. The minimum atomic E-state index is -0.612. The van der Waals surface area contributed by atoms with Crippen molar-refractivity contribution in [3.8, 4) is 0 Å². The summed E-state index contributed by atoms with van der Waals surface area (Å²) in [5, 5.41) is 0. The van der Waals surface area contributed by atoms with E-state index in [0.717, 1.165) is 19.3 Å². The minimum Gasteiger partial charge on any atom is -0.463 e. The second-order valence-electron chi connectivity index (χ2n) is 11.2. The molecule has 1 aromatic rings. The van der Waals surface area contributed by atoms with Crippen molar-refractivity contribution in [2.75, 3.05) is 19.7 Å². The van der Waals surface area contributed by atoms with E-state index in [9.17, 15) is 18.8 Å². The summed E-state index contributed by atoms with van der Waals surface area (Å²) in [6.07, 6.45) is 2.99. The van der Waals surface area contributed by atoms with Gasteiger partial charge in [0.05, 0.1) is 12.2 Å². The van der Waals surface area contributed by atoms with Crippen LogP contribution in [-0.2, 0) is 19.1 Å². The summed E-state index contributed by atoms with van der Waals surface area (Å²) in [5.41, 5.74) is 1.54. The van der Waals surface area contributed by atoms with Crippen molar-refractivity contribution >= 4 is 17.8 Å². The van der Waals surface area contributed by atoms with E-state index in [1.165, 1.54) is 17.0 Å². The van der Waals surface area contributed by atoms with Gasteiger partial charge in [-0.25, -0.2) is 9.18 Å². The number of allylic oxidation sites excluding steroid dienone is 1. The third-order valence-electron chi connectivity index (χ3n) is 7.60. The van der Waals surface area contributed by atoms with Gasteiger partial charge in [0.15, 0.2) is 0 Å². The van der Waals surface area contributed by atoms with Crippen molar-refractivity contribution in [2.24, 2.45) is 10.8 Å². The van der Waals surface area contributed by atoms with Crippen LogP contribution in [0.1, 0.15) is 71.8 Å². The van der Waals surface area contributed by atoms with Gasteiger partial charge < -0.3 is 14.5 Å². The first-order chi connectivity index (χ1) is 15.9. The molecule has 2 aliphatic heterocycles. The van der Waals surface area contributed by atoms with Crippen LogP contribution in [0.3, 0.4) is 0 Å². The van der Waals surface area contributed by atoms with Gasteiger partial charge in [0.1, 0.15) is 12.4 Å². The van der Waals surface area contributed by atoms with E-state index in [2.05, 4.69) is 20.8 Å². The van der Waals surface area contributed by atoms with Crippen molar-refractivity contribution in [3.63, 3.8) is 0 Å². The standard InChI is InChI=1S/C27H35FN2O4/c1-6-34-25(33)24-17(2)29(22(31)11-21(24)18-8-7-9-19(28)10-18)14-23(32)30-16-27(5)13-20(30)12-26(3,4)15-27/h7-10,20-21H,6,11-16H2,1-5H3. The third-order valence-corrected chi connectivity index (χ3v) is 7.60. The van der Waals surface area contributed by atoms with Gasteiger partial charge >= 0.3 is 5.97 Å². The molecule has 3 aliphatic rings. The highest BCUT2D eigenvalue weighted by Crippen LogP contribution is 2.52. The molecular weight excluding hydrogens is 435 g/mol. The van der Waals surface area contributed by atoms with Crippen LogP contribution < -0.4 is 0 Å². The first-order valence-corrected chi connectivity index (χ1v) is 12.2. The second-order valence-corrected chi connectivity index (χ2v) is 11.2. The molecule has 3 unspecified atom stereocenters. The van der Waals surface area contributed by atoms with Crippen LogP contribution in [0.2, 0.25) is 0 Å². The maximum Gasteiger partial charge on any atom is 0.336 e. The lowest BCUT2D eigenvalue weighted by atomic mass is 9.65. The Kier molecular flexibility index (Phi) is 6.34. The molecule has 0 radical (unpaired) electrons. The monoisotopic (exact) mass is 470 g/mol. The molecule has 6 nitrogen and oxygen atoms in total. The van der Waals surface area contributed by atoms with Crippen LogP contribution in [0.4, 0.5) is 4.39 Å². The van der Waals surface area contributed by atoms with E-state index >= 15 is 0 Å². The number of rotatable bonds is 5. The molecule has 1 aliphatic carbocycles. The summed E-state index contributed by atoms with van der Waals surface area (Å²) < 4.78 is 19.2. The van der Waals surface area contributed by atoms with Crippen LogP contribution in [-0.4, -0.2) is 53.3 Å². The van der Waals surface area contributed by atoms with E-state index in [0.29, 0.717) is 23.4 Å². The van der Waals surface area contributed by atoms with E-state index in [1.54, 1.807) is 26.0 Å². The van der Waals surface area contributed by atoms with E-state index < -0.39 is 17.7 Å². The number of halogens is 1. The summed E-state index contributed by atoms with van der Waals surface area (Å²) in [6.45, 7) is 10.9. The number of amides is 2. The summed E-state index contributed by atoms with van der Waals surface area (Å²) >= 11 is 0. The van der Waals surface area contributed by atoms with E-state index in [1.807, 2.05) is 4.90 Å². The molecule has 0 N–H and O–H groups in total. The van der Waals surface area contributed by atoms with Gasteiger partial charge in [-0.3, -0.25) is 9.59 Å². The number of ether oxygens (including phenoxy) is 1. The molecular formula is C27H35FN2O4. The number of likely N-dealkylation sites (tertiary alicyclic amines) is 1. The molecule has 7 heteroatoms. The Morgan fingerprint density at radius 2 is 1.94 bits per heavy atom. The van der Waals surface area contributed by atoms with Crippen molar-refractivity contribution in [2.45, 2.75) is 72.3 Å². The average molecular weight is 471 g/mol. The molecule has 1 saturated heterocycles. The van der Waals surface area contributed by atoms with Crippen LogP contribution in [0, 0.1) is 16.6 Å². The summed E-state index contributed by atoms with van der Waals surface area (Å²) in [6, 6.07) is 6.12. The molecule has 1 saturated carbocycles. The number of carbonyl (C=O) groups is 3. The Morgan fingerprint density at radius 3 is 2.62 bits per heavy atom. The predicted molar refractivity (Wildman–Crippen MR) is 126 cm³/mol. The minimum absolute atomic E-state index is 0.0175. The summed E-state index contributed by atoms with van der Waals surface area (Å²) in [7, 11) is 0. The zero-order valence-electron chi connectivity index (χ0n) is 20.8. The summed E-state index contributed by atoms with van der Waals surface area (Å²) in [4.78, 5) is 42.9. The highest BCUT2D eigenvalue weighted by atomic mass is 19.1. The zero-order valence-corrected chi connectivity index (χ0v) is 20.8. The Labute approximate surface area is 201 Å². The number of fused-ring (bicyclic) bond motifs is 2. The fourth-order valence-electron chi connectivity index (χ4n) is 6.66. The van der Waals surface area contributed by atoms with Gasteiger partial charge in [-0.2, -0.15) is 0 Å². The first-order valence-electron chi connectivity index (χ1n) is 12.2. The highest BCUT2D eigenvalue weighted by Gasteiger charge is 2.51. The van der Waals surface area contributed by atoms with Crippen LogP contribution in [0.25, 0.3) is 0 Å². The lowest BCUT2D eigenvalue weighted by Gasteiger charge is -2.39. The third kappa shape index (κ3) is 4.62. The van der Waals surface area contributed by atoms with Crippen LogP contribution in [0.5, 0.6) is 0 Å². The number of nitrogens with zero attached hydrogens (tertiary/aromatic N) is 2. The molecule has 3 atom stereocenters. The van der Waals surface area contributed by atoms with Gasteiger partial charge in [-0.1, -0.05) is 32.9 Å². The number of carbonyl (C=O) groups excluding carboxylic acids is 3. The SMILES string of the molecule is CCOC(=O)C1=C(C)N(CC(=O)N2CC3(C)CC2CC(C)(C)C3)C(=O)CC1c1cccc(F)c1. The number of hydrogen-bond donors (Lipinski definition) is 0. The predicted octanol–water partition coefficient (Wildman–Crippen LogP) is 4.41. The lowest BCUT2D eigenvalue weighted by molar-refractivity contribution is -0.143. The lowest BCUT2D eigenvalue weighted by Crippen LogP contribution is -2.47. The molecule has 0 aromatic heterocycles. The van der Waals surface area contributed by atoms with Crippen molar-refractivity contribution < 1.29 is 23.5 Å². The fourth-order valence-corrected chi connectivity index (χ4v) is 6.66. The quantitative estimate of drug-likeness (QED) is 0.598. The summed E-state index contributed by atoms with van der Waals surface area (Å²) in [5.74, 6) is -1.92. The normalized spacial score (nSPS) is 28.4. The molecule has 2 bridgehead atoms. The molecule has 2 heterocycles. The van der Waals surface area contributed by atoms with E-state index in [-0.39, 0.29) is 48.3 Å². The maximum absolute atomic E-state index is 13.9. The molecule has 4 rings (SSSR count). The maximum atomic E-state index is 13.9. The Balaban J connectivity index is 1.62. The van der Waals surface area contributed by atoms with Crippen molar-refractivity contribution in [3.05, 3.63) is 46.9 Å². The van der Waals surface area contributed by atoms with Crippen LogP contribution in [0.15, 0.2) is 35.5 Å². The Morgan fingerprint density at radius 1 is 1.21 bits per heavy atom. The van der Waals surface area contributed by atoms with Gasteiger partial charge in [-0.05, 0) is 61.6 Å². The smallest absolute Gasteiger partial charge is 0.336 e. The molecule has 1 aromatic carbocycles. The van der Waals surface area contributed by atoms with Crippen molar-refractivity contribution in [1.82, 2.24) is 9.80 Å².